The summed E-state index contributed by atoms with van der Waals surface area (Å²) < 4.78 is 21.8. The van der Waals surface area contributed by atoms with Gasteiger partial charge in [0, 0.05) is 57.5 Å². The van der Waals surface area contributed by atoms with E-state index < -0.39 is 0 Å². The summed E-state index contributed by atoms with van der Waals surface area (Å²) in [5, 5.41) is 6.67. The summed E-state index contributed by atoms with van der Waals surface area (Å²) in [6.45, 7) is 4.53. The highest BCUT2D eigenvalue weighted by Crippen LogP contribution is 2.24. The van der Waals surface area contributed by atoms with Gasteiger partial charge in [-0.05, 0) is 30.7 Å². The molecule has 0 fully saturated rings. The molecule has 0 radical (unpaired) electrons. The highest BCUT2D eigenvalue weighted by atomic mass is 16.5. The smallest absolute Gasteiger partial charge is 0.191 e. The number of methoxy groups -OCH3 is 3. The van der Waals surface area contributed by atoms with Crippen LogP contribution in [0.5, 0.6) is 17.2 Å². The van der Waals surface area contributed by atoms with Crippen molar-refractivity contribution >= 4 is 5.96 Å². The van der Waals surface area contributed by atoms with Crippen LogP contribution in [-0.2, 0) is 17.8 Å². The van der Waals surface area contributed by atoms with Crippen LogP contribution in [0.3, 0.4) is 0 Å². The van der Waals surface area contributed by atoms with E-state index in [-0.39, 0.29) is 0 Å². The lowest BCUT2D eigenvalue weighted by molar-refractivity contribution is 0.171. The number of hydrogen-bond acceptors (Lipinski definition) is 5. The summed E-state index contributed by atoms with van der Waals surface area (Å²) in [5.41, 5.74) is 3.25. The van der Waals surface area contributed by atoms with Crippen molar-refractivity contribution in [3.05, 3.63) is 53.1 Å². The van der Waals surface area contributed by atoms with Crippen molar-refractivity contribution in [2.24, 2.45) is 4.99 Å². The molecule has 164 valence electrons. The summed E-state index contributed by atoms with van der Waals surface area (Å²) in [7, 11) is 6.73. The Kier molecular flexibility index (Phi) is 9.80. The van der Waals surface area contributed by atoms with Gasteiger partial charge in [-0.15, -0.1) is 0 Å². The molecule has 0 amide bonds. The fraction of sp³-hybridized carbons (Fsp3) is 0.435. The second-order valence-electron chi connectivity index (χ2n) is 6.76. The Hall–Kier alpha value is -2.93. The van der Waals surface area contributed by atoms with Crippen molar-refractivity contribution < 1.29 is 18.9 Å². The number of nitrogens with one attached hydrogen (secondary N) is 2. The van der Waals surface area contributed by atoms with Crippen LogP contribution in [-0.4, -0.2) is 47.6 Å². The van der Waals surface area contributed by atoms with E-state index in [0.717, 1.165) is 40.4 Å². The molecule has 0 atom stereocenters. The zero-order valence-corrected chi connectivity index (χ0v) is 18.6. The minimum absolute atomic E-state index is 0.571. The van der Waals surface area contributed by atoms with Gasteiger partial charge in [-0.1, -0.05) is 12.1 Å². The third-order valence-electron chi connectivity index (χ3n) is 4.58. The largest absolute Gasteiger partial charge is 0.497 e. The molecule has 0 aliphatic heterocycles. The SMILES string of the molecule is CN=C(NCc1ccc(OC)cc1OC)NCc1ccc(C)cc1OCCCOC. The molecule has 0 bridgehead atoms. The number of guanidine groups is 1. The van der Waals surface area contributed by atoms with Crippen LogP contribution >= 0.6 is 0 Å². The first-order valence-corrected chi connectivity index (χ1v) is 9.98. The lowest BCUT2D eigenvalue weighted by atomic mass is 10.1. The van der Waals surface area contributed by atoms with E-state index in [1.165, 1.54) is 0 Å². The maximum atomic E-state index is 5.96. The Labute approximate surface area is 179 Å². The quantitative estimate of drug-likeness (QED) is 0.333. The van der Waals surface area contributed by atoms with E-state index in [1.54, 1.807) is 28.4 Å². The standard InChI is InChI=1S/C23H33N3O4/c1-17-7-8-19(22(13-17)30-12-6-11-27-3)16-26-23(24-2)25-15-18-9-10-20(28-4)14-21(18)29-5/h7-10,13-14H,6,11-12,15-16H2,1-5H3,(H2,24,25,26). The molecule has 2 N–H and O–H groups in total. The molecule has 30 heavy (non-hydrogen) atoms. The van der Waals surface area contributed by atoms with Gasteiger partial charge >= 0.3 is 0 Å². The lowest BCUT2D eigenvalue weighted by Gasteiger charge is -2.16. The van der Waals surface area contributed by atoms with Gasteiger partial charge in [-0.2, -0.15) is 0 Å². The van der Waals surface area contributed by atoms with E-state index in [1.807, 2.05) is 18.2 Å². The minimum atomic E-state index is 0.571. The van der Waals surface area contributed by atoms with E-state index in [4.69, 9.17) is 18.9 Å². The van der Waals surface area contributed by atoms with E-state index >= 15 is 0 Å². The number of nitrogens with zero attached hydrogens (tertiary/aromatic N) is 1. The Morgan fingerprint density at radius 1 is 0.867 bits per heavy atom. The van der Waals surface area contributed by atoms with Gasteiger partial charge in [0.05, 0.1) is 20.8 Å². The molecule has 0 aliphatic rings. The number of hydrogen-bond donors (Lipinski definition) is 2. The third kappa shape index (κ3) is 7.15. The van der Waals surface area contributed by atoms with Gasteiger partial charge in [-0.25, -0.2) is 0 Å². The zero-order valence-electron chi connectivity index (χ0n) is 18.6. The molecule has 2 aromatic rings. The van der Waals surface area contributed by atoms with Crippen LogP contribution in [0, 0.1) is 6.92 Å². The first-order valence-electron chi connectivity index (χ1n) is 9.98. The number of ether oxygens (including phenoxy) is 4. The predicted molar refractivity (Wildman–Crippen MR) is 120 cm³/mol. The summed E-state index contributed by atoms with van der Waals surface area (Å²) in [6.07, 6.45) is 0.851. The van der Waals surface area contributed by atoms with Crippen LogP contribution in [0.4, 0.5) is 0 Å². The number of aryl methyl sites for hydroxylation is 1. The van der Waals surface area contributed by atoms with Crippen molar-refractivity contribution in [1.29, 1.82) is 0 Å². The molecular weight excluding hydrogens is 382 g/mol. The fourth-order valence-electron chi connectivity index (χ4n) is 2.90. The average molecular weight is 416 g/mol. The van der Waals surface area contributed by atoms with Crippen molar-refractivity contribution in [2.45, 2.75) is 26.4 Å². The second kappa shape index (κ2) is 12.6. The number of rotatable bonds is 11. The Morgan fingerprint density at radius 2 is 1.57 bits per heavy atom. The molecule has 7 nitrogen and oxygen atoms in total. The molecule has 2 aromatic carbocycles. The van der Waals surface area contributed by atoms with Crippen LogP contribution in [0.2, 0.25) is 0 Å². The van der Waals surface area contributed by atoms with Gasteiger partial charge in [0.2, 0.25) is 0 Å². The van der Waals surface area contributed by atoms with E-state index in [2.05, 4.69) is 40.7 Å². The van der Waals surface area contributed by atoms with Gasteiger partial charge < -0.3 is 29.6 Å². The molecule has 0 saturated heterocycles. The summed E-state index contributed by atoms with van der Waals surface area (Å²) >= 11 is 0. The molecule has 0 heterocycles. The zero-order chi connectivity index (χ0) is 21.8. The van der Waals surface area contributed by atoms with Crippen molar-refractivity contribution in [3.8, 4) is 17.2 Å². The van der Waals surface area contributed by atoms with Gasteiger partial charge in [0.25, 0.3) is 0 Å². The van der Waals surface area contributed by atoms with Crippen molar-refractivity contribution in [2.75, 3.05) is 41.6 Å². The Bertz CT molecular complexity index is 824. The number of benzene rings is 2. The topological polar surface area (TPSA) is 73.3 Å². The monoisotopic (exact) mass is 415 g/mol. The first-order chi connectivity index (χ1) is 14.6. The molecule has 2 rings (SSSR count). The third-order valence-corrected chi connectivity index (χ3v) is 4.58. The summed E-state index contributed by atoms with van der Waals surface area (Å²) in [5.74, 6) is 3.10. The van der Waals surface area contributed by atoms with Gasteiger partial charge in [0.15, 0.2) is 5.96 Å². The van der Waals surface area contributed by atoms with E-state index in [0.29, 0.717) is 32.3 Å². The number of aliphatic imine (C=N–C) groups is 1. The fourth-order valence-corrected chi connectivity index (χ4v) is 2.90. The van der Waals surface area contributed by atoms with Crippen LogP contribution in [0.1, 0.15) is 23.1 Å². The maximum Gasteiger partial charge on any atom is 0.191 e. The highest BCUT2D eigenvalue weighted by Gasteiger charge is 2.08. The van der Waals surface area contributed by atoms with Crippen LogP contribution in [0.25, 0.3) is 0 Å². The maximum absolute atomic E-state index is 5.96. The highest BCUT2D eigenvalue weighted by molar-refractivity contribution is 5.79. The molecular formula is C23H33N3O4. The molecule has 7 heteroatoms. The summed E-state index contributed by atoms with van der Waals surface area (Å²) in [6, 6.07) is 12.0. The molecule has 0 aromatic heterocycles. The Morgan fingerprint density at radius 3 is 2.20 bits per heavy atom. The average Bonchev–Trinajstić information content (AvgIpc) is 2.77. The lowest BCUT2D eigenvalue weighted by Crippen LogP contribution is -2.36. The van der Waals surface area contributed by atoms with Gasteiger partial charge in [-0.3, -0.25) is 4.99 Å². The van der Waals surface area contributed by atoms with Crippen molar-refractivity contribution in [1.82, 2.24) is 10.6 Å². The Balaban J connectivity index is 1.96. The van der Waals surface area contributed by atoms with Crippen LogP contribution in [0.15, 0.2) is 41.4 Å². The molecule has 0 unspecified atom stereocenters. The minimum Gasteiger partial charge on any atom is -0.497 e. The predicted octanol–water partition coefficient (Wildman–Crippen LogP) is 3.29. The molecule has 0 spiro atoms. The normalized spacial score (nSPS) is 11.2. The molecule has 0 saturated carbocycles. The molecule has 0 aliphatic carbocycles. The second-order valence-corrected chi connectivity index (χ2v) is 6.76. The van der Waals surface area contributed by atoms with Crippen LogP contribution < -0.4 is 24.8 Å². The van der Waals surface area contributed by atoms with Crippen molar-refractivity contribution in [3.63, 3.8) is 0 Å². The summed E-state index contributed by atoms with van der Waals surface area (Å²) in [4.78, 5) is 4.31. The van der Waals surface area contributed by atoms with Gasteiger partial charge in [0.1, 0.15) is 17.2 Å². The van der Waals surface area contributed by atoms with E-state index in [9.17, 15) is 0 Å². The first kappa shape index (κ1) is 23.3.